The van der Waals surface area contributed by atoms with Crippen LogP contribution < -0.4 is 5.32 Å². The second kappa shape index (κ2) is 8.60. The number of hydrogen-bond acceptors (Lipinski definition) is 4. The van der Waals surface area contributed by atoms with Gasteiger partial charge in [0, 0.05) is 22.0 Å². The van der Waals surface area contributed by atoms with Crippen LogP contribution in [0, 0.1) is 12.7 Å². The minimum absolute atomic E-state index is 0.000720. The standard InChI is InChI=1S/C16H19ClFNO2S/c1-11-4-9-22-16(11)15(19-5-7-21-8-6-20)13-3-2-12(17)10-14(13)18/h2-4,9-10,15,19-20H,5-8H2,1H3. The summed E-state index contributed by atoms with van der Waals surface area (Å²) in [7, 11) is 0. The molecule has 0 spiro atoms. The van der Waals surface area contributed by atoms with Crippen LogP contribution in [0.15, 0.2) is 29.6 Å². The second-order valence-corrected chi connectivity index (χ2v) is 6.24. The number of halogens is 2. The van der Waals surface area contributed by atoms with Crippen LogP contribution in [0.3, 0.4) is 0 Å². The number of hydrogen-bond donors (Lipinski definition) is 2. The molecule has 0 saturated heterocycles. The third kappa shape index (κ3) is 4.51. The Labute approximate surface area is 138 Å². The Morgan fingerprint density at radius 1 is 1.36 bits per heavy atom. The molecule has 2 aromatic rings. The summed E-state index contributed by atoms with van der Waals surface area (Å²) in [6, 6.07) is 6.51. The predicted octanol–water partition coefficient (Wildman–Crippen LogP) is 3.54. The lowest BCUT2D eigenvalue weighted by molar-refractivity contribution is 0.0931. The summed E-state index contributed by atoms with van der Waals surface area (Å²) in [5.41, 5.74) is 1.69. The number of aryl methyl sites for hydroxylation is 1. The molecule has 0 aliphatic heterocycles. The third-order valence-electron chi connectivity index (χ3n) is 3.27. The molecular formula is C16H19ClFNO2S. The SMILES string of the molecule is Cc1ccsc1C(NCCOCCO)c1ccc(Cl)cc1F. The van der Waals surface area contributed by atoms with Gasteiger partial charge < -0.3 is 15.2 Å². The van der Waals surface area contributed by atoms with Gasteiger partial charge in [0.05, 0.1) is 25.9 Å². The summed E-state index contributed by atoms with van der Waals surface area (Å²) < 4.78 is 19.5. The highest BCUT2D eigenvalue weighted by atomic mass is 35.5. The normalized spacial score (nSPS) is 12.5. The maximum absolute atomic E-state index is 14.3. The molecule has 6 heteroatoms. The molecule has 0 radical (unpaired) electrons. The van der Waals surface area contributed by atoms with E-state index in [9.17, 15) is 4.39 Å². The quantitative estimate of drug-likeness (QED) is 0.720. The lowest BCUT2D eigenvalue weighted by atomic mass is 10.0. The maximum atomic E-state index is 14.3. The molecule has 22 heavy (non-hydrogen) atoms. The smallest absolute Gasteiger partial charge is 0.129 e. The van der Waals surface area contributed by atoms with Crippen molar-refractivity contribution in [2.75, 3.05) is 26.4 Å². The average molecular weight is 344 g/mol. The zero-order valence-electron chi connectivity index (χ0n) is 12.3. The lowest BCUT2D eigenvalue weighted by Gasteiger charge is -2.20. The van der Waals surface area contributed by atoms with Gasteiger partial charge in [-0.25, -0.2) is 4.39 Å². The van der Waals surface area contributed by atoms with Gasteiger partial charge in [-0.2, -0.15) is 0 Å². The molecule has 2 rings (SSSR count). The van der Waals surface area contributed by atoms with Crippen LogP contribution in [0.1, 0.15) is 22.0 Å². The van der Waals surface area contributed by atoms with E-state index < -0.39 is 0 Å². The van der Waals surface area contributed by atoms with Gasteiger partial charge in [-0.1, -0.05) is 17.7 Å². The van der Waals surface area contributed by atoms with Gasteiger partial charge in [-0.15, -0.1) is 11.3 Å². The molecule has 2 N–H and O–H groups in total. The molecule has 120 valence electrons. The average Bonchev–Trinajstić information content (AvgIpc) is 2.90. The van der Waals surface area contributed by atoms with Crippen LogP contribution in [0.25, 0.3) is 0 Å². The van der Waals surface area contributed by atoms with E-state index in [0.29, 0.717) is 30.3 Å². The summed E-state index contributed by atoms with van der Waals surface area (Å²) in [6.45, 7) is 3.33. The molecule has 0 saturated carbocycles. The van der Waals surface area contributed by atoms with Crippen molar-refractivity contribution in [1.29, 1.82) is 0 Å². The van der Waals surface area contributed by atoms with E-state index >= 15 is 0 Å². The van der Waals surface area contributed by atoms with E-state index in [1.165, 1.54) is 6.07 Å². The molecule has 1 aromatic carbocycles. The minimum Gasteiger partial charge on any atom is -0.394 e. The van der Waals surface area contributed by atoms with Gasteiger partial charge >= 0.3 is 0 Å². The van der Waals surface area contributed by atoms with E-state index in [0.717, 1.165) is 10.4 Å². The van der Waals surface area contributed by atoms with Crippen LogP contribution in [-0.2, 0) is 4.74 Å². The monoisotopic (exact) mass is 343 g/mol. The number of rotatable bonds is 8. The molecule has 0 bridgehead atoms. The van der Waals surface area contributed by atoms with Crippen LogP contribution in [0.2, 0.25) is 5.02 Å². The Balaban J connectivity index is 2.17. The summed E-state index contributed by atoms with van der Waals surface area (Å²) in [5, 5.41) is 14.4. The Hall–Kier alpha value is -0.980. The number of benzene rings is 1. The Morgan fingerprint density at radius 3 is 2.82 bits per heavy atom. The fraction of sp³-hybridized carbons (Fsp3) is 0.375. The second-order valence-electron chi connectivity index (χ2n) is 4.86. The van der Waals surface area contributed by atoms with Crippen molar-refractivity contribution in [3.8, 4) is 0 Å². The van der Waals surface area contributed by atoms with E-state index in [1.807, 2.05) is 18.4 Å². The summed E-state index contributed by atoms with van der Waals surface area (Å²) >= 11 is 7.43. The molecule has 1 aromatic heterocycles. The molecule has 1 heterocycles. The van der Waals surface area contributed by atoms with Crippen LogP contribution in [-0.4, -0.2) is 31.5 Å². The summed E-state index contributed by atoms with van der Waals surface area (Å²) in [5.74, 6) is -0.325. The van der Waals surface area contributed by atoms with Gasteiger partial charge in [-0.3, -0.25) is 0 Å². The highest BCUT2D eigenvalue weighted by Crippen LogP contribution is 2.31. The van der Waals surface area contributed by atoms with Crippen molar-refractivity contribution in [2.45, 2.75) is 13.0 Å². The number of nitrogens with one attached hydrogen (secondary N) is 1. The highest BCUT2D eigenvalue weighted by molar-refractivity contribution is 7.10. The largest absolute Gasteiger partial charge is 0.394 e. The predicted molar refractivity (Wildman–Crippen MR) is 88.2 cm³/mol. The first-order valence-electron chi connectivity index (χ1n) is 7.04. The summed E-state index contributed by atoms with van der Waals surface area (Å²) in [4.78, 5) is 1.07. The molecule has 0 amide bonds. The van der Waals surface area contributed by atoms with Crippen molar-refractivity contribution < 1.29 is 14.2 Å². The van der Waals surface area contributed by atoms with Gasteiger partial charge in [0.2, 0.25) is 0 Å². The molecule has 0 aliphatic rings. The molecule has 3 nitrogen and oxygen atoms in total. The van der Waals surface area contributed by atoms with Gasteiger partial charge in [0.25, 0.3) is 0 Å². The van der Waals surface area contributed by atoms with Crippen LogP contribution in [0.5, 0.6) is 0 Å². The Morgan fingerprint density at radius 2 is 2.18 bits per heavy atom. The fourth-order valence-electron chi connectivity index (χ4n) is 2.20. The third-order valence-corrected chi connectivity index (χ3v) is 4.59. The molecule has 0 aliphatic carbocycles. The number of aliphatic hydroxyl groups is 1. The molecule has 0 fully saturated rings. The van der Waals surface area contributed by atoms with Crippen molar-refractivity contribution in [3.63, 3.8) is 0 Å². The number of ether oxygens (including phenoxy) is 1. The zero-order valence-corrected chi connectivity index (χ0v) is 13.9. The Bertz CT molecular complexity index is 606. The van der Waals surface area contributed by atoms with Crippen molar-refractivity contribution in [3.05, 3.63) is 56.5 Å². The van der Waals surface area contributed by atoms with Gasteiger partial charge in [0.15, 0.2) is 0 Å². The highest BCUT2D eigenvalue weighted by Gasteiger charge is 2.20. The molecular weight excluding hydrogens is 325 g/mol. The van der Waals surface area contributed by atoms with Crippen molar-refractivity contribution in [2.24, 2.45) is 0 Å². The molecule has 1 unspecified atom stereocenters. The number of thiophene rings is 1. The van der Waals surface area contributed by atoms with E-state index in [4.69, 9.17) is 21.4 Å². The van der Waals surface area contributed by atoms with E-state index in [2.05, 4.69) is 5.32 Å². The first-order chi connectivity index (χ1) is 10.6. The van der Waals surface area contributed by atoms with Gasteiger partial charge in [0.1, 0.15) is 5.82 Å². The lowest BCUT2D eigenvalue weighted by Crippen LogP contribution is -2.27. The van der Waals surface area contributed by atoms with E-state index in [1.54, 1.807) is 23.5 Å². The maximum Gasteiger partial charge on any atom is 0.129 e. The van der Waals surface area contributed by atoms with Crippen molar-refractivity contribution in [1.82, 2.24) is 5.32 Å². The molecule has 1 atom stereocenters. The topological polar surface area (TPSA) is 41.5 Å². The first kappa shape index (κ1) is 17.4. The fourth-order valence-corrected chi connectivity index (χ4v) is 3.38. The van der Waals surface area contributed by atoms with Crippen molar-refractivity contribution >= 4 is 22.9 Å². The van der Waals surface area contributed by atoms with E-state index in [-0.39, 0.29) is 18.5 Å². The first-order valence-corrected chi connectivity index (χ1v) is 8.30. The number of aliphatic hydroxyl groups excluding tert-OH is 1. The van der Waals surface area contributed by atoms with Crippen LogP contribution in [0.4, 0.5) is 4.39 Å². The van der Waals surface area contributed by atoms with Gasteiger partial charge in [-0.05, 0) is 36.1 Å². The minimum atomic E-state index is -0.325. The summed E-state index contributed by atoms with van der Waals surface area (Å²) in [6.07, 6.45) is 0. The Kier molecular flexibility index (Phi) is 6.79. The zero-order chi connectivity index (χ0) is 15.9. The van der Waals surface area contributed by atoms with Crippen LogP contribution >= 0.6 is 22.9 Å².